The zero-order valence-electron chi connectivity index (χ0n) is 26.1. The highest BCUT2D eigenvalue weighted by molar-refractivity contribution is 7.90. The Morgan fingerprint density at radius 3 is 2.60 bits per heavy atom. The standard InChI is InChI=1S/C34H29N9O4S/c1-4-37-48(46,47)40-31-29(32-35-17-8-18-42(32)39-31)33(44)38-21(2)30-26-16-15-23-13-14-24(12-11-22-19-36-41(3)20-22)28(27(23)26)34(45)43(30)25-9-6-5-7-10-25/h5-10,13-21,37H,4H2,1-3H3,(H,38,44)(H,39,40)/t21-/m1/s1. The van der Waals surface area contributed by atoms with E-state index < -0.39 is 22.2 Å². The molecule has 1 aliphatic carbocycles. The minimum atomic E-state index is -4.02. The molecule has 0 saturated heterocycles. The molecule has 0 fully saturated rings. The number of anilines is 1. The monoisotopic (exact) mass is 659 g/mol. The molecule has 0 spiro atoms. The fraction of sp³-hybridized carbons (Fsp3) is 0.147. The molecule has 4 heterocycles. The van der Waals surface area contributed by atoms with E-state index in [0.717, 1.165) is 16.5 Å². The third kappa shape index (κ3) is 5.40. The van der Waals surface area contributed by atoms with E-state index in [1.54, 1.807) is 47.8 Å². The van der Waals surface area contributed by atoms with Gasteiger partial charge in [0.05, 0.1) is 28.9 Å². The molecule has 4 aromatic heterocycles. The SMILES string of the molecule is CCNS(=O)(=O)Nc1nn2cccnc2c1C(=O)N[C@H](C)c1c2c3c(ccc(C#Cc4cnn(C)c4)c3c(=O)n1-c1ccccc1)C=C2. The minimum absolute atomic E-state index is 0.0704. The lowest BCUT2D eigenvalue weighted by Gasteiger charge is -2.23. The Labute approximate surface area is 275 Å². The van der Waals surface area contributed by atoms with Crippen LogP contribution in [0.3, 0.4) is 0 Å². The number of aryl methyl sites for hydroxylation is 1. The molecular weight excluding hydrogens is 631 g/mol. The van der Waals surface area contributed by atoms with Gasteiger partial charge in [-0.3, -0.25) is 23.6 Å². The lowest BCUT2D eigenvalue weighted by Crippen LogP contribution is -2.34. The van der Waals surface area contributed by atoms with Crippen LogP contribution in [0, 0.1) is 11.8 Å². The van der Waals surface area contributed by atoms with Gasteiger partial charge in [-0.25, -0.2) is 9.50 Å². The summed E-state index contributed by atoms with van der Waals surface area (Å²) in [5.74, 6) is 5.47. The second kappa shape index (κ2) is 12.0. The van der Waals surface area contributed by atoms with Crippen LogP contribution in [0.25, 0.3) is 34.3 Å². The molecule has 0 radical (unpaired) electrons. The van der Waals surface area contributed by atoms with Crippen molar-refractivity contribution in [3.8, 4) is 17.5 Å². The predicted molar refractivity (Wildman–Crippen MR) is 183 cm³/mol. The van der Waals surface area contributed by atoms with Gasteiger partial charge >= 0.3 is 0 Å². The number of pyridine rings is 1. The van der Waals surface area contributed by atoms with E-state index in [1.807, 2.05) is 61.7 Å². The second-order valence-corrected chi connectivity index (χ2v) is 12.6. The summed E-state index contributed by atoms with van der Waals surface area (Å²) in [5, 5.41) is 12.6. The number of benzene rings is 2. The van der Waals surface area contributed by atoms with Crippen molar-refractivity contribution in [3.05, 3.63) is 117 Å². The average molecular weight is 660 g/mol. The van der Waals surface area contributed by atoms with E-state index >= 15 is 0 Å². The first-order valence-electron chi connectivity index (χ1n) is 15.1. The summed E-state index contributed by atoms with van der Waals surface area (Å²) >= 11 is 0. The summed E-state index contributed by atoms with van der Waals surface area (Å²) in [4.78, 5) is 33.0. The zero-order valence-corrected chi connectivity index (χ0v) is 26.9. The lowest BCUT2D eigenvalue weighted by atomic mass is 9.96. The van der Waals surface area contributed by atoms with Gasteiger partial charge in [0.25, 0.3) is 21.7 Å². The molecule has 7 rings (SSSR count). The molecule has 0 saturated carbocycles. The normalized spacial score (nSPS) is 12.6. The van der Waals surface area contributed by atoms with Gasteiger partial charge < -0.3 is 5.32 Å². The summed E-state index contributed by atoms with van der Waals surface area (Å²) in [7, 11) is -2.21. The van der Waals surface area contributed by atoms with Crippen molar-refractivity contribution in [1.82, 2.24) is 39.0 Å². The first-order valence-corrected chi connectivity index (χ1v) is 16.5. The highest BCUT2D eigenvalue weighted by atomic mass is 32.2. The van der Waals surface area contributed by atoms with Gasteiger partial charge in [0.15, 0.2) is 11.5 Å². The van der Waals surface area contributed by atoms with Crippen molar-refractivity contribution in [1.29, 1.82) is 0 Å². The molecular formula is C34H29N9O4S. The van der Waals surface area contributed by atoms with Crippen molar-refractivity contribution in [2.75, 3.05) is 11.3 Å². The van der Waals surface area contributed by atoms with Gasteiger partial charge in [-0.05, 0) is 36.8 Å². The van der Waals surface area contributed by atoms with Gasteiger partial charge in [-0.1, -0.05) is 55.2 Å². The third-order valence-electron chi connectivity index (χ3n) is 7.88. The molecule has 48 heavy (non-hydrogen) atoms. The van der Waals surface area contributed by atoms with Crippen LogP contribution in [-0.4, -0.2) is 49.8 Å². The molecule has 3 N–H and O–H groups in total. The predicted octanol–water partition coefficient (Wildman–Crippen LogP) is 3.41. The maximum Gasteiger partial charge on any atom is 0.300 e. The van der Waals surface area contributed by atoms with Crippen molar-refractivity contribution >= 4 is 50.5 Å². The maximum absolute atomic E-state index is 14.6. The highest BCUT2D eigenvalue weighted by Gasteiger charge is 2.29. The smallest absolute Gasteiger partial charge is 0.300 e. The Morgan fingerprint density at radius 2 is 1.85 bits per heavy atom. The summed E-state index contributed by atoms with van der Waals surface area (Å²) < 4.78 is 34.5. The van der Waals surface area contributed by atoms with Crippen LogP contribution in [0.2, 0.25) is 0 Å². The fourth-order valence-corrected chi connectivity index (χ4v) is 6.78. The number of fused-ring (bicyclic) bond motifs is 1. The molecule has 240 valence electrons. The molecule has 1 amide bonds. The number of hydrogen-bond acceptors (Lipinski definition) is 7. The fourth-order valence-electron chi connectivity index (χ4n) is 5.93. The van der Waals surface area contributed by atoms with Crippen LogP contribution in [0.15, 0.2) is 78.1 Å². The van der Waals surface area contributed by atoms with Gasteiger partial charge in [0, 0.05) is 54.4 Å². The molecule has 1 atom stereocenters. The van der Waals surface area contributed by atoms with Crippen LogP contribution in [0.5, 0.6) is 0 Å². The average Bonchev–Trinajstić information content (AvgIpc) is 3.78. The molecule has 0 bridgehead atoms. The molecule has 1 aliphatic rings. The number of carbonyl (C=O) groups excluding carboxylic acids is 1. The van der Waals surface area contributed by atoms with Crippen molar-refractivity contribution in [2.24, 2.45) is 7.05 Å². The van der Waals surface area contributed by atoms with Crippen LogP contribution in [0.1, 0.15) is 58.2 Å². The summed E-state index contributed by atoms with van der Waals surface area (Å²) in [6.07, 6.45) is 10.4. The number of nitrogens with zero attached hydrogens (tertiary/aromatic N) is 6. The van der Waals surface area contributed by atoms with Crippen molar-refractivity contribution < 1.29 is 13.2 Å². The van der Waals surface area contributed by atoms with Crippen LogP contribution >= 0.6 is 0 Å². The molecule has 2 aromatic carbocycles. The number of carbonyl (C=O) groups is 1. The van der Waals surface area contributed by atoms with E-state index in [9.17, 15) is 18.0 Å². The largest absolute Gasteiger partial charge is 0.344 e. The lowest BCUT2D eigenvalue weighted by molar-refractivity contribution is 0.0941. The number of hydrogen-bond donors (Lipinski definition) is 3. The van der Waals surface area contributed by atoms with Gasteiger partial charge in [0.2, 0.25) is 0 Å². The van der Waals surface area contributed by atoms with Gasteiger partial charge in [-0.15, -0.1) is 5.10 Å². The maximum atomic E-state index is 14.6. The van der Waals surface area contributed by atoms with E-state index in [0.29, 0.717) is 27.9 Å². The first kappa shape index (κ1) is 30.6. The minimum Gasteiger partial charge on any atom is -0.344 e. The Morgan fingerprint density at radius 1 is 1.04 bits per heavy atom. The second-order valence-electron chi connectivity index (χ2n) is 11.1. The highest BCUT2D eigenvalue weighted by Crippen LogP contribution is 2.37. The number of para-hydroxylation sites is 1. The molecule has 6 aromatic rings. The topological polar surface area (TPSA) is 157 Å². The van der Waals surface area contributed by atoms with E-state index in [2.05, 4.69) is 41.8 Å². The van der Waals surface area contributed by atoms with Crippen molar-refractivity contribution in [3.63, 3.8) is 0 Å². The summed E-state index contributed by atoms with van der Waals surface area (Å²) in [5.41, 5.74) is 3.82. The van der Waals surface area contributed by atoms with Gasteiger partial charge in [0.1, 0.15) is 5.56 Å². The molecule has 0 aliphatic heterocycles. The van der Waals surface area contributed by atoms with E-state index in [-0.39, 0.29) is 29.1 Å². The van der Waals surface area contributed by atoms with E-state index in [4.69, 9.17) is 0 Å². The number of amides is 1. The first-order chi connectivity index (χ1) is 23.1. The third-order valence-corrected chi connectivity index (χ3v) is 9.01. The molecule has 13 nitrogen and oxygen atoms in total. The molecule has 0 unspecified atom stereocenters. The Bertz CT molecular complexity index is 2520. The Kier molecular flexibility index (Phi) is 7.62. The van der Waals surface area contributed by atoms with Crippen LogP contribution in [0.4, 0.5) is 5.82 Å². The van der Waals surface area contributed by atoms with Crippen LogP contribution < -0.4 is 20.3 Å². The number of rotatable bonds is 8. The Hall–Kier alpha value is -6.04. The zero-order chi connectivity index (χ0) is 33.6. The van der Waals surface area contributed by atoms with Crippen LogP contribution in [-0.2, 0) is 17.3 Å². The summed E-state index contributed by atoms with van der Waals surface area (Å²) in [6, 6.07) is 13.8. The van der Waals surface area contributed by atoms with Crippen molar-refractivity contribution in [2.45, 2.75) is 19.9 Å². The number of aromatic nitrogens is 6. The van der Waals surface area contributed by atoms with Gasteiger partial charge in [-0.2, -0.15) is 18.2 Å². The Balaban J connectivity index is 1.38. The van der Waals surface area contributed by atoms with E-state index in [1.165, 1.54) is 10.7 Å². The summed E-state index contributed by atoms with van der Waals surface area (Å²) in [6.45, 7) is 3.54. The quantitative estimate of drug-likeness (QED) is 0.211. The number of nitrogens with one attached hydrogen (secondary N) is 3. The molecule has 14 heteroatoms.